The summed E-state index contributed by atoms with van der Waals surface area (Å²) >= 11 is 0. The van der Waals surface area contributed by atoms with Crippen molar-refractivity contribution in [2.75, 3.05) is 0 Å². The van der Waals surface area contributed by atoms with E-state index in [4.69, 9.17) is 14.0 Å². The molecule has 0 aliphatic carbocycles. The van der Waals surface area contributed by atoms with Gasteiger partial charge in [0, 0.05) is 23.5 Å². The summed E-state index contributed by atoms with van der Waals surface area (Å²) in [4.78, 5) is 4.37. The lowest BCUT2D eigenvalue weighted by Gasteiger charge is -2.32. The Balaban J connectivity index is 1.83. The van der Waals surface area contributed by atoms with Gasteiger partial charge >= 0.3 is 7.12 Å². The fourth-order valence-corrected chi connectivity index (χ4v) is 2.69. The van der Waals surface area contributed by atoms with Gasteiger partial charge in [-0.2, -0.15) is 0 Å². The first-order chi connectivity index (χ1) is 11.2. The smallest absolute Gasteiger partial charge is 0.457 e. The van der Waals surface area contributed by atoms with Crippen LogP contribution < -0.4 is 10.2 Å². The van der Waals surface area contributed by atoms with E-state index >= 15 is 0 Å². The monoisotopic (exact) mass is 325 g/mol. The predicted molar refractivity (Wildman–Crippen MR) is 95.9 cm³/mol. The summed E-state index contributed by atoms with van der Waals surface area (Å²) in [5, 5.41) is 0. The molecule has 2 heterocycles. The molecular weight excluding hydrogens is 301 g/mol. The molecule has 3 rings (SSSR count). The summed E-state index contributed by atoms with van der Waals surface area (Å²) < 4.78 is 18.2. The zero-order valence-corrected chi connectivity index (χ0v) is 15.2. The molecule has 0 spiro atoms. The molecule has 126 valence electrons. The summed E-state index contributed by atoms with van der Waals surface area (Å²) in [7, 11) is -0.389. The molecular formula is C19H24BNO3. The van der Waals surface area contributed by atoms with Gasteiger partial charge in [0.05, 0.1) is 11.2 Å². The van der Waals surface area contributed by atoms with Gasteiger partial charge in [0.25, 0.3) is 0 Å². The zero-order valence-electron chi connectivity index (χ0n) is 15.2. The summed E-state index contributed by atoms with van der Waals surface area (Å²) in [6.45, 7) is 12.1. The van der Waals surface area contributed by atoms with Gasteiger partial charge in [0.2, 0.25) is 0 Å². The highest BCUT2D eigenvalue weighted by Gasteiger charge is 2.51. The Kier molecular flexibility index (Phi) is 4.18. The number of benzene rings is 1. The molecule has 1 aromatic heterocycles. The van der Waals surface area contributed by atoms with Crippen LogP contribution in [0.4, 0.5) is 0 Å². The highest BCUT2D eigenvalue weighted by Crippen LogP contribution is 2.36. The number of hydrogen-bond acceptors (Lipinski definition) is 4. The number of ether oxygens (including phenoxy) is 1. The maximum atomic E-state index is 6.11. The normalized spacial score (nSPS) is 18.7. The molecule has 24 heavy (non-hydrogen) atoms. The topological polar surface area (TPSA) is 40.6 Å². The van der Waals surface area contributed by atoms with Crippen molar-refractivity contribution in [1.82, 2.24) is 4.98 Å². The van der Waals surface area contributed by atoms with E-state index in [-0.39, 0.29) is 18.3 Å². The maximum Gasteiger partial charge on any atom is 0.494 e. The minimum atomic E-state index is -0.389. The fraction of sp³-hybridized carbons (Fsp3) is 0.421. The van der Waals surface area contributed by atoms with Crippen LogP contribution in [0.15, 0.2) is 36.4 Å². The van der Waals surface area contributed by atoms with E-state index in [0.29, 0.717) is 0 Å². The summed E-state index contributed by atoms with van der Waals surface area (Å²) in [6.07, 6.45) is 0. The molecule has 0 bridgehead atoms. The summed E-state index contributed by atoms with van der Waals surface area (Å²) in [5.74, 6) is 1.54. The largest absolute Gasteiger partial charge is 0.494 e. The van der Waals surface area contributed by atoms with Gasteiger partial charge in [0.1, 0.15) is 11.5 Å². The molecule has 2 aromatic rings. The molecule has 0 saturated carbocycles. The lowest BCUT2D eigenvalue weighted by atomic mass is 9.79. The van der Waals surface area contributed by atoms with Crippen LogP contribution in [0.5, 0.6) is 11.5 Å². The van der Waals surface area contributed by atoms with Gasteiger partial charge in [-0.25, -0.2) is 0 Å². The standard InChI is InChI=1S/C19H24BNO3/c1-13-10-17(11-14(2)21-13)22-16-9-7-8-15(12-16)20-23-18(3,4)19(5,6)24-20/h7-12H,1-6H3. The third kappa shape index (κ3) is 3.33. The Morgan fingerprint density at radius 2 is 1.46 bits per heavy atom. The molecule has 0 atom stereocenters. The molecule has 1 aliphatic heterocycles. The number of rotatable bonds is 3. The van der Waals surface area contributed by atoms with Gasteiger partial charge in [-0.15, -0.1) is 0 Å². The van der Waals surface area contributed by atoms with E-state index in [2.05, 4.69) is 32.7 Å². The van der Waals surface area contributed by atoms with Crippen LogP contribution in [-0.4, -0.2) is 23.3 Å². The van der Waals surface area contributed by atoms with Crippen molar-refractivity contribution in [3.05, 3.63) is 47.8 Å². The average molecular weight is 325 g/mol. The highest BCUT2D eigenvalue weighted by molar-refractivity contribution is 6.62. The number of nitrogens with zero attached hydrogens (tertiary/aromatic N) is 1. The molecule has 0 amide bonds. The van der Waals surface area contributed by atoms with Crippen LogP contribution in [0.1, 0.15) is 39.1 Å². The molecule has 1 fully saturated rings. The lowest BCUT2D eigenvalue weighted by molar-refractivity contribution is 0.00578. The average Bonchev–Trinajstić information content (AvgIpc) is 2.66. The van der Waals surface area contributed by atoms with Crippen molar-refractivity contribution in [2.45, 2.75) is 52.7 Å². The van der Waals surface area contributed by atoms with Crippen LogP contribution in [0.3, 0.4) is 0 Å². The molecule has 4 nitrogen and oxygen atoms in total. The predicted octanol–water partition coefficient (Wildman–Crippen LogP) is 3.79. The van der Waals surface area contributed by atoms with Gasteiger partial charge in [0.15, 0.2) is 0 Å². The zero-order chi connectivity index (χ0) is 17.5. The van der Waals surface area contributed by atoms with Crippen LogP contribution in [0.2, 0.25) is 0 Å². The van der Waals surface area contributed by atoms with Crippen molar-refractivity contribution in [3.63, 3.8) is 0 Å². The Morgan fingerprint density at radius 3 is 2.04 bits per heavy atom. The second-order valence-electron chi connectivity index (χ2n) is 7.35. The van der Waals surface area contributed by atoms with E-state index in [1.165, 1.54) is 0 Å². The first-order valence-corrected chi connectivity index (χ1v) is 8.25. The Morgan fingerprint density at radius 1 is 0.875 bits per heavy atom. The molecule has 1 aliphatic rings. The molecule has 1 saturated heterocycles. The number of aryl methyl sites for hydroxylation is 2. The fourth-order valence-electron chi connectivity index (χ4n) is 2.69. The summed E-state index contributed by atoms with van der Waals surface area (Å²) in [6, 6.07) is 11.7. The molecule has 5 heteroatoms. The molecule has 0 radical (unpaired) electrons. The van der Waals surface area contributed by atoms with E-state index in [9.17, 15) is 0 Å². The first-order valence-electron chi connectivity index (χ1n) is 8.25. The van der Waals surface area contributed by atoms with Crippen molar-refractivity contribution < 1.29 is 14.0 Å². The van der Waals surface area contributed by atoms with Crippen LogP contribution in [-0.2, 0) is 9.31 Å². The van der Waals surface area contributed by atoms with Gasteiger partial charge < -0.3 is 14.0 Å². The van der Waals surface area contributed by atoms with E-state index in [1.807, 2.05) is 50.2 Å². The molecule has 1 aromatic carbocycles. The van der Waals surface area contributed by atoms with Gasteiger partial charge in [-0.05, 0) is 59.1 Å². The number of aromatic nitrogens is 1. The van der Waals surface area contributed by atoms with Crippen molar-refractivity contribution >= 4 is 12.6 Å². The van der Waals surface area contributed by atoms with Crippen molar-refractivity contribution in [1.29, 1.82) is 0 Å². The van der Waals surface area contributed by atoms with Crippen molar-refractivity contribution in [2.24, 2.45) is 0 Å². The number of hydrogen-bond donors (Lipinski definition) is 0. The maximum absolute atomic E-state index is 6.11. The highest BCUT2D eigenvalue weighted by atomic mass is 16.7. The Hall–Kier alpha value is -1.85. The number of pyridine rings is 1. The minimum absolute atomic E-state index is 0.353. The SMILES string of the molecule is Cc1cc(Oc2cccc(B3OC(C)(C)C(C)(C)O3)c2)cc(C)n1. The lowest BCUT2D eigenvalue weighted by Crippen LogP contribution is -2.41. The van der Waals surface area contributed by atoms with E-state index in [1.54, 1.807) is 0 Å². The van der Waals surface area contributed by atoms with E-state index < -0.39 is 0 Å². The quantitative estimate of drug-likeness (QED) is 0.805. The third-order valence-electron chi connectivity index (χ3n) is 4.67. The third-order valence-corrected chi connectivity index (χ3v) is 4.67. The minimum Gasteiger partial charge on any atom is -0.457 e. The molecule has 0 unspecified atom stereocenters. The van der Waals surface area contributed by atoms with E-state index in [0.717, 1.165) is 28.3 Å². The van der Waals surface area contributed by atoms with Crippen LogP contribution >= 0.6 is 0 Å². The van der Waals surface area contributed by atoms with Crippen LogP contribution in [0.25, 0.3) is 0 Å². The first kappa shape index (κ1) is 17.0. The van der Waals surface area contributed by atoms with Crippen molar-refractivity contribution in [3.8, 4) is 11.5 Å². The summed E-state index contributed by atoms with van der Waals surface area (Å²) in [5.41, 5.74) is 2.12. The second-order valence-corrected chi connectivity index (χ2v) is 7.35. The van der Waals surface area contributed by atoms with Crippen LogP contribution in [0, 0.1) is 13.8 Å². The van der Waals surface area contributed by atoms with Gasteiger partial charge in [-0.1, -0.05) is 12.1 Å². The molecule has 0 N–H and O–H groups in total. The Bertz CT molecular complexity index is 722. The van der Waals surface area contributed by atoms with Gasteiger partial charge in [-0.3, -0.25) is 4.98 Å². The Labute approximate surface area is 144 Å². The second kappa shape index (κ2) is 5.90.